The maximum absolute atomic E-state index is 12.1. The van der Waals surface area contributed by atoms with Crippen LogP contribution in [-0.4, -0.2) is 35.8 Å². The van der Waals surface area contributed by atoms with Crippen LogP contribution in [0.5, 0.6) is 0 Å². The molecule has 7 heteroatoms. The molecule has 1 aromatic heterocycles. The van der Waals surface area contributed by atoms with Gasteiger partial charge in [-0.25, -0.2) is 4.98 Å². The molecule has 6 nitrogen and oxygen atoms in total. The number of rotatable bonds is 5. The second kappa shape index (κ2) is 5.81. The van der Waals surface area contributed by atoms with Gasteiger partial charge in [-0.3, -0.25) is 0 Å². The fourth-order valence-electron chi connectivity index (χ4n) is 2.30. The maximum atomic E-state index is 12.1. The highest BCUT2D eigenvalue weighted by Crippen LogP contribution is 2.22. The Morgan fingerprint density at radius 2 is 2.17 bits per heavy atom. The highest BCUT2D eigenvalue weighted by atomic mass is 32.2. The van der Waals surface area contributed by atoms with Gasteiger partial charge in [-0.1, -0.05) is 19.3 Å². The molecule has 1 aliphatic rings. The lowest BCUT2D eigenvalue weighted by molar-refractivity contribution is 0.283. The van der Waals surface area contributed by atoms with E-state index in [-0.39, 0.29) is 12.6 Å². The SMILES string of the molecule is CN(C1CCCCC1)S(=O)(=O)NCc1ncc[nH]1. The second-order valence-electron chi connectivity index (χ2n) is 4.67. The van der Waals surface area contributed by atoms with E-state index in [0.717, 1.165) is 25.7 Å². The van der Waals surface area contributed by atoms with Crippen molar-refractivity contribution in [1.82, 2.24) is 19.0 Å². The predicted molar refractivity (Wildman–Crippen MR) is 69.0 cm³/mol. The molecule has 1 saturated carbocycles. The van der Waals surface area contributed by atoms with Crippen LogP contribution in [0, 0.1) is 0 Å². The Bertz CT molecular complexity index is 451. The van der Waals surface area contributed by atoms with Gasteiger partial charge < -0.3 is 4.98 Å². The van der Waals surface area contributed by atoms with Gasteiger partial charge in [-0.05, 0) is 12.8 Å². The standard InChI is InChI=1S/C11H20N4O2S/c1-15(10-5-3-2-4-6-10)18(16,17)14-9-11-12-7-8-13-11/h7-8,10,14H,2-6,9H2,1H3,(H,12,13). The topological polar surface area (TPSA) is 78.1 Å². The van der Waals surface area contributed by atoms with Crippen molar-refractivity contribution in [2.45, 2.75) is 44.7 Å². The van der Waals surface area contributed by atoms with E-state index in [1.165, 1.54) is 10.7 Å². The molecular weight excluding hydrogens is 252 g/mol. The van der Waals surface area contributed by atoms with Gasteiger partial charge in [-0.15, -0.1) is 0 Å². The lowest BCUT2D eigenvalue weighted by atomic mass is 9.96. The number of imidazole rings is 1. The van der Waals surface area contributed by atoms with E-state index >= 15 is 0 Å². The van der Waals surface area contributed by atoms with Crippen molar-refractivity contribution in [2.75, 3.05) is 7.05 Å². The zero-order valence-electron chi connectivity index (χ0n) is 10.6. The average Bonchev–Trinajstić information content (AvgIpc) is 2.90. The Kier molecular flexibility index (Phi) is 4.36. The number of nitrogens with one attached hydrogen (secondary N) is 2. The lowest BCUT2D eigenvalue weighted by Crippen LogP contribution is -2.44. The third-order valence-corrected chi connectivity index (χ3v) is 5.01. The smallest absolute Gasteiger partial charge is 0.279 e. The Hall–Kier alpha value is -0.920. The zero-order valence-corrected chi connectivity index (χ0v) is 11.4. The van der Waals surface area contributed by atoms with Crippen molar-refractivity contribution >= 4 is 10.2 Å². The number of hydrogen-bond acceptors (Lipinski definition) is 3. The molecule has 1 heterocycles. The summed E-state index contributed by atoms with van der Waals surface area (Å²) >= 11 is 0. The van der Waals surface area contributed by atoms with E-state index in [9.17, 15) is 8.42 Å². The number of hydrogen-bond donors (Lipinski definition) is 2. The van der Waals surface area contributed by atoms with E-state index in [4.69, 9.17) is 0 Å². The fraction of sp³-hybridized carbons (Fsp3) is 0.727. The zero-order chi connectivity index (χ0) is 13.0. The van der Waals surface area contributed by atoms with Gasteiger partial charge in [0.05, 0.1) is 6.54 Å². The van der Waals surface area contributed by atoms with Gasteiger partial charge in [0.15, 0.2) is 0 Å². The third-order valence-electron chi connectivity index (χ3n) is 3.44. The monoisotopic (exact) mass is 272 g/mol. The van der Waals surface area contributed by atoms with Crippen molar-refractivity contribution in [1.29, 1.82) is 0 Å². The maximum Gasteiger partial charge on any atom is 0.279 e. The molecule has 0 atom stereocenters. The van der Waals surface area contributed by atoms with E-state index in [0.29, 0.717) is 5.82 Å². The molecule has 0 saturated heterocycles. The van der Waals surface area contributed by atoms with Crippen molar-refractivity contribution in [3.8, 4) is 0 Å². The van der Waals surface area contributed by atoms with Crippen LogP contribution in [-0.2, 0) is 16.8 Å². The molecule has 2 N–H and O–H groups in total. The summed E-state index contributed by atoms with van der Waals surface area (Å²) in [6, 6.07) is 0.132. The van der Waals surface area contributed by atoms with Crippen molar-refractivity contribution < 1.29 is 8.42 Å². The van der Waals surface area contributed by atoms with Crippen molar-refractivity contribution in [3.05, 3.63) is 18.2 Å². The molecular formula is C11H20N4O2S. The third kappa shape index (κ3) is 3.30. The van der Waals surface area contributed by atoms with Gasteiger partial charge in [-0.2, -0.15) is 17.4 Å². The predicted octanol–water partition coefficient (Wildman–Crippen LogP) is 1.01. The molecule has 0 aliphatic heterocycles. The summed E-state index contributed by atoms with van der Waals surface area (Å²) in [6.07, 6.45) is 8.63. The molecule has 0 bridgehead atoms. The van der Waals surface area contributed by atoms with E-state index < -0.39 is 10.2 Å². The first kappa shape index (κ1) is 13.5. The van der Waals surface area contributed by atoms with Crippen LogP contribution in [0.3, 0.4) is 0 Å². The van der Waals surface area contributed by atoms with Gasteiger partial charge in [0.25, 0.3) is 10.2 Å². The summed E-state index contributed by atoms with van der Waals surface area (Å²) in [5, 5.41) is 0. The van der Waals surface area contributed by atoms with Crippen LogP contribution in [0.25, 0.3) is 0 Å². The molecule has 1 aliphatic carbocycles. The highest BCUT2D eigenvalue weighted by Gasteiger charge is 2.27. The summed E-state index contributed by atoms with van der Waals surface area (Å²) in [7, 11) is -1.76. The molecule has 0 radical (unpaired) electrons. The van der Waals surface area contributed by atoms with Crippen LogP contribution in [0.1, 0.15) is 37.9 Å². The van der Waals surface area contributed by atoms with Crippen molar-refractivity contribution in [3.63, 3.8) is 0 Å². The normalized spacial score (nSPS) is 18.3. The van der Waals surface area contributed by atoms with Crippen LogP contribution in [0.2, 0.25) is 0 Å². The average molecular weight is 272 g/mol. The van der Waals surface area contributed by atoms with Gasteiger partial charge in [0, 0.05) is 25.5 Å². The summed E-state index contributed by atoms with van der Waals surface area (Å²) < 4.78 is 28.2. The van der Waals surface area contributed by atoms with E-state index in [1.54, 1.807) is 19.4 Å². The number of aromatic nitrogens is 2. The quantitative estimate of drug-likeness (QED) is 0.839. The second-order valence-corrected chi connectivity index (χ2v) is 6.48. The minimum atomic E-state index is -3.41. The Labute approximate surface area is 108 Å². The van der Waals surface area contributed by atoms with E-state index in [1.807, 2.05) is 0 Å². The Morgan fingerprint density at radius 1 is 1.44 bits per heavy atom. The molecule has 0 spiro atoms. The highest BCUT2D eigenvalue weighted by molar-refractivity contribution is 7.87. The summed E-state index contributed by atoms with van der Waals surface area (Å²) in [5.41, 5.74) is 0. The first-order chi connectivity index (χ1) is 8.59. The summed E-state index contributed by atoms with van der Waals surface area (Å²) in [4.78, 5) is 6.86. The molecule has 1 fully saturated rings. The Balaban J connectivity index is 1.92. The van der Waals surface area contributed by atoms with Gasteiger partial charge in [0.2, 0.25) is 0 Å². The molecule has 2 rings (SSSR count). The Morgan fingerprint density at radius 3 is 2.78 bits per heavy atom. The molecule has 0 unspecified atom stereocenters. The van der Waals surface area contributed by atoms with Crippen LogP contribution < -0.4 is 4.72 Å². The molecule has 0 amide bonds. The van der Waals surface area contributed by atoms with Gasteiger partial charge >= 0.3 is 0 Å². The van der Waals surface area contributed by atoms with Crippen molar-refractivity contribution in [2.24, 2.45) is 0 Å². The lowest BCUT2D eigenvalue weighted by Gasteiger charge is -2.30. The van der Waals surface area contributed by atoms with Crippen LogP contribution >= 0.6 is 0 Å². The number of nitrogens with zero attached hydrogens (tertiary/aromatic N) is 2. The molecule has 1 aromatic rings. The largest absolute Gasteiger partial charge is 0.347 e. The number of H-pyrrole nitrogens is 1. The summed E-state index contributed by atoms with van der Waals surface area (Å²) in [6.45, 7) is 0.201. The fourth-order valence-corrected chi connectivity index (χ4v) is 3.42. The first-order valence-electron chi connectivity index (χ1n) is 6.30. The van der Waals surface area contributed by atoms with Crippen LogP contribution in [0.15, 0.2) is 12.4 Å². The molecule has 0 aromatic carbocycles. The minimum absolute atomic E-state index is 0.132. The minimum Gasteiger partial charge on any atom is -0.347 e. The molecule has 102 valence electrons. The summed E-state index contributed by atoms with van der Waals surface area (Å²) in [5.74, 6) is 0.621. The van der Waals surface area contributed by atoms with Crippen LogP contribution in [0.4, 0.5) is 0 Å². The number of aromatic amines is 1. The first-order valence-corrected chi connectivity index (χ1v) is 7.74. The molecule has 18 heavy (non-hydrogen) atoms. The van der Waals surface area contributed by atoms with E-state index in [2.05, 4.69) is 14.7 Å². The van der Waals surface area contributed by atoms with Gasteiger partial charge in [0.1, 0.15) is 5.82 Å².